The van der Waals surface area contributed by atoms with Crippen molar-refractivity contribution >= 4 is 5.70 Å². The van der Waals surface area contributed by atoms with Crippen molar-refractivity contribution in [3.8, 4) is 0 Å². The van der Waals surface area contributed by atoms with Crippen LogP contribution in [0.3, 0.4) is 0 Å². The lowest BCUT2D eigenvalue weighted by atomic mass is 9.80. The summed E-state index contributed by atoms with van der Waals surface area (Å²) in [6.07, 6.45) is 7.96. The van der Waals surface area contributed by atoms with Crippen molar-refractivity contribution in [1.82, 2.24) is 5.32 Å². The third-order valence-electron chi connectivity index (χ3n) is 6.07. The molecular formula is C24H39N. The fraction of sp³-hybridized carbons (Fsp3) is 0.667. The van der Waals surface area contributed by atoms with Gasteiger partial charge >= 0.3 is 0 Å². The molecule has 1 aromatic rings. The molecule has 2 rings (SSSR count). The fourth-order valence-electron chi connectivity index (χ4n) is 4.18. The number of hydrogen-bond acceptors (Lipinski definition) is 1. The van der Waals surface area contributed by atoms with Crippen LogP contribution in [0.4, 0.5) is 0 Å². The molecule has 1 aromatic carbocycles. The zero-order chi connectivity index (χ0) is 18.6. The molecule has 1 aliphatic carbocycles. The molecule has 1 aliphatic rings. The number of rotatable bonds is 10. The summed E-state index contributed by atoms with van der Waals surface area (Å²) in [5, 5.41) is 3.91. The van der Waals surface area contributed by atoms with Gasteiger partial charge in [-0.3, -0.25) is 0 Å². The Labute approximate surface area is 156 Å². The normalized spacial score (nSPS) is 18.0. The van der Waals surface area contributed by atoms with E-state index in [1.165, 1.54) is 55.2 Å². The van der Waals surface area contributed by atoms with Gasteiger partial charge in [-0.15, -0.1) is 0 Å². The molecule has 2 atom stereocenters. The minimum atomic E-state index is 0.457. The van der Waals surface area contributed by atoms with Crippen molar-refractivity contribution in [2.24, 2.45) is 17.3 Å². The Hall–Kier alpha value is -1.24. The van der Waals surface area contributed by atoms with Crippen LogP contribution in [0.15, 0.2) is 24.8 Å². The van der Waals surface area contributed by atoms with E-state index in [2.05, 4.69) is 71.6 Å². The maximum Gasteiger partial charge on any atom is 0.0345 e. The highest BCUT2D eigenvalue weighted by atomic mass is 15.0. The third kappa shape index (κ3) is 5.36. The molecule has 0 saturated heterocycles. The third-order valence-corrected chi connectivity index (χ3v) is 6.07. The largest absolute Gasteiger partial charge is 0.381 e. The monoisotopic (exact) mass is 341 g/mol. The minimum Gasteiger partial charge on any atom is -0.381 e. The molecule has 1 nitrogen and oxygen atoms in total. The summed E-state index contributed by atoms with van der Waals surface area (Å²) in [5.41, 5.74) is 5.49. The Morgan fingerprint density at radius 2 is 1.84 bits per heavy atom. The Morgan fingerprint density at radius 3 is 2.36 bits per heavy atom. The van der Waals surface area contributed by atoms with Gasteiger partial charge in [0.25, 0.3) is 0 Å². The first-order chi connectivity index (χ1) is 11.8. The van der Waals surface area contributed by atoms with Crippen LogP contribution >= 0.6 is 0 Å². The molecular weight excluding hydrogens is 302 g/mol. The van der Waals surface area contributed by atoms with E-state index in [1.54, 1.807) is 0 Å². The summed E-state index contributed by atoms with van der Waals surface area (Å²) in [6.45, 7) is 18.3. The van der Waals surface area contributed by atoms with E-state index in [0.717, 1.165) is 17.5 Å². The van der Waals surface area contributed by atoms with Crippen molar-refractivity contribution in [3.63, 3.8) is 0 Å². The van der Waals surface area contributed by atoms with Gasteiger partial charge in [0.05, 0.1) is 0 Å². The Balaban J connectivity index is 2.17. The smallest absolute Gasteiger partial charge is 0.0345 e. The average molecular weight is 342 g/mol. The van der Waals surface area contributed by atoms with Crippen LogP contribution in [0.25, 0.3) is 5.70 Å². The van der Waals surface area contributed by atoms with Gasteiger partial charge in [0.2, 0.25) is 0 Å². The van der Waals surface area contributed by atoms with E-state index >= 15 is 0 Å². The van der Waals surface area contributed by atoms with Crippen LogP contribution in [0.2, 0.25) is 0 Å². The highest BCUT2D eigenvalue weighted by Gasteiger charge is 2.47. The SMILES string of the molecule is C=C(NC(C(CCC)CCC(C)C)C1(C)CC1)c1ccc(C)cc1C. The zero-order valence-electron chi connectivity index (χ0n) is 17.4. The average Bonchev–Trinajstić information content (AvgIpc) is 3.27. The Kier molecular flexibility index (Phi) is 6.77. The molecule has 0 amide bonds. The lowest BCUT2D eigenvalue weighted by Gasteiger charge is -2.35. The van der Waals surface area contributed by atoms with Gasteiger partial charge < -0.3 is 5.32 Å². The number of aryl methyl sites for hydroxylation is 2. The van der Waals surface area contributed by atoms with Gasteiger partial charge in [0.15, 0.2) is 0 Å². The molecule has 140 valence electrons. The number of nitrogens with one attached hydrogen (secondary N) is 1. The molecule has 1 saturated carbocycles. The molecule has 0 radical (unpaired) electrons. The molecule has 0 aliphatic heterocycles. The molecule has 0 aromatic heterocycles. The maximum absolute atomic E-state index is 4.42. The van der Waals surface area contributed by atoms with Gasteiger partial charge in [-0.2, -0.15) is 0 Å². The summed E-state index contributed by atoms with van der Waals surface area (Å²) >= 11 is 0. The molecule has 0 heterocycles. The zero-order valence-corrected chi connectivity index (χ0v) is 17.4. The van der Waals surface area contributed by atoms with Crippen molar-refractivity contribution in [3.05, 3.63) is 41.5 Å². The second kappa shape index (κ2) is 8.43. The van der Waals surface area contributed by atoms with Gasteiger partial charge in [-0.1, -0.05) is 70.9 Å². The predicted octanol–water partition coefficient (Wildman–Crippen LogP) is 6.88. The van der Waals surface area contributed by atoms with E-state index in [4.69, 9.17) is 0 Å². The molecule has 25 heavy (non-hydrogen) atoms. The van der Waals surface area contributed by atoms with Crippen LogP contribution in [0.5, 0.6) is 0 Å². The Bertz CT molecular complexity index is 580. The van der Waals surface area contributed by atoms with E-state index in [1.807, 2.05) is 0 Å². The molecule has 0 bridgehead atoms. The topological polar surface area (TPSA) is 12.0 Å². The van der Waals surface area contributed by atoms with Gasteiger partial charge in [0.1, 0.15) is 0 Å². The Morgan fingerprint density at radius 1 is 1.16 bits per heavy atom. The summed E-state index contributed by atoms with van der Waals surface area (Å²) in [6, 6.07) is 7.25. The van der Waals surface area contributed by atoms with Crippen LogP contribution in [-0.2, 0) is 0 Å². The van der Waals surface area contributed by atoms with Gasteiger partial charge in [-0.25, -0.2) is 0 Å². The second-order valence-corrected chi connectivity index (χ2v) is 9.09. The summed E-state index contributed by atoms with van der Waals surface area (Å²) < 4.78 is 0. The first-order valence-electron chi connectivity index (χ1n) is 10.3. The quantitative estimate of drug-likeness (QED) is 0.489. The summed E-state index contributed by atoms with van der Waals surface area (Å²) in [4.78, 5) is 0. The molecule has 0 spiro atoms. The summed E-state index contributed by atoms with van der Waals surface area (Å²) in [7, 11) is 0. The first-order valence-corrected chi connectivity index (χ1v) is 10.3. The highest BCUT2D eigenvalue weighted by Crippen LogP contribution is 2.52. The van der Waals surface area contributed by atoms with Crippen molar-refractivity contribution in [1.29, 1.82) is 0 Å². The van der Waals surface area contributed by atoms with Gasteiger partial charge in [-0.05, 0) is 67.9 Å². The van der Waals surface area contributed by atoms with Crippen LogP contribution in [0.1, 0.15) is 82.9 Å². The standard InChI is InChI=1S/C24H39N/c1-8-9-21(12-10-17(2)3)23(24(7)14-15-24)25-20(6)22-13-11-18(4)16-19(22)5/h11,13,16-17,21,23,25H,6,8-10,12,14-15H2,1-5,7H3. The number of benzene rings is 1. The lowest BCUT2D eigenvalue weighted by Crippen LogP contribution is -2.41. The maximum atomic E-state index is 4.42. The predicted molar refractivity (Wildman–Crippen MR) is 112 cm³/mol. The van der Waals surface area contributed by atoms with Crippen molar-refractivity contribution in [2.75, 3.05) is 0 Å². The van der Waals surface area contributed by atoms with E-state index in [9.17, 15) is 0 Å². The van der Waals surface area contributed by atoms with E-state index < -0.39 is 0 Å². The van der Waals surface area contributed by atoms with Gasteiger partial charge in [0, 0.05) is 11.7 Å². The lowest BCUT2D eigenvalue weighted by molar-refractivity contribution is 0.239. The number of hydrogen-bond donors (Lipinski definition) is 1. The molecule has 1 N–H and O–H groups in total. The van der Waals surface area contributed by atoms with Crippen LogP contribution in [0, 0.1) is 31.1 Å². The summed E-state index contributed by atoms with van der Waals surface area (Å²) in [5.74, 6) is 1.54. The molecule has 1 fully saturated rings. The van der Waals surface area contributed by atoms with Crippen LogP contribution < -0.4 is 5.32 Å². The first kappa shape index (κ1) is 20.1. The minimum absolute atomic E-state index is 0.457. The fourth-order valence-corrected chi connectivity index (χ4v) is 4.18. The molecule has 2 unspecified atom stereocenters. The molecule has 1 heteroatoms. The highest BCUT2D eigenvalue weighted by molar-refractivity contribution is 5.65. The van der Waals surface area contributed by atoms with Crippen molar-refractivity contribution < 1.29 is 0 Å². The van der Waals surface area contributed by atoms with Crippen molar-refractivity contribution in [2.45, 2.75) is 86.1 Å². The van der Waals surface area contributed by atoms with E-state index in [-0.39, 0.29) is 0 Å². The van der Waals surface area contributed by atoms with Crippen LogP contribution in [-0.4, -0.2) is 6.04 Å². The van der Waals surface area contributed by atoms with E-state index in [0.29, 0.717) is 11.5 Å². The second-order valence-electron chi connectivity index (χ2n) is 9.09.